The molecule has 0 bridgehead atoms. The van der Waals surface area contributed by atoms with Crippen LogP contribution in [0.3, 0.4) is 0 Å². The van der Waals surface area contributed by atoms with Crippen LogP contribution in [0, 0.1) is 5.41 Å². The van der Waals surface area contributed by atoms with E-state index in [-0.39, 0.29) is 11.7 Å². The first-order chi connectivity index (χ1) is 6.68. The molecule has 0 fully saturated rings. The van der Waals surface area contributed by atoms with E-state index in [1.165, 1.54) is 5.57 Å². The van der Waals surface area contributed by atoms with E-state index in [4.69, 9.17) is 9.47 Å². The summed E-state index contributed by atoms with van der Waals surface area (Å²) in [6.45, 7) is 6.08. The minimum absolute atomic E-state index is 0.0387. The van der Waals surface area contributed by atoms with Crippen molar-refractivity contribution in [3.05, 3.63) is 24.3 Å². The summed E-state index contributed by atoms with van der Waals surface area (Å²) >= 11 is 0. The maximum atomic E-state index is 5.35. The fraction of sp³-hybridized carbons (Fsp3) is 0.667. The lowest BCUT2D eigenvalue weighted by Gasteiger charge is -2.38. The minimum atomic E-state index is -0.177. The molecule has 1 atom stereocenters. The molecule has 0 amide bonds. The second kappa shape index (κ2) is 4.76. The highest BCUT2D eigenvalue weighted by Gasteiger charge is 2.37. The fourth-order valence-electron chi connectivity index (χ4n) is 2.06. The Morgan fingerprint density at radius 2 is 2.14 bits per heavy atom. The Morgan fingerprint density at radius 3 is 2.50 bits per heavy atom. The van der Waals surface area contributed by atoms with Crippen LogP contribution in [0.5, 0.6) is 0 Å². The Hall–Kier alpha value is -0.600. The lowest BCUT2D eigenvalue weighted by atomic mass is 9.74. The second-order valence-electron chi connectivity index (χ2n) is 4.00. The van der Waals surface area contributed by atoms with Crippen LogP contribution in [-0.2, 0) is 9.47 Å². The molecular weight excluding hydrogens is 176 g/mol. The van der Waals surface area contributed by atoms with Gasteiger partial charge in [-0.05, 0) is 26.2 Å². The molecule has 0 saturated carbocycles. The van der Waals surface area contributed by atoms with E-state index in [1.807, 2.05) is 6.08 Å². The van der Waals surface area contributed by atoms with Gasteiger partial charge < -0.3 is 9.47 Å². The van der Waals surface area contributed by atoms with Crippen molar-refractivity contribution in [2.75, 3.05) is 14.2 Å². The molecule has 1 rings (SSSR count). The summed E-state index contributed by atoms with van der Waals surface area (Å²) in [5, 5.41) is 0. The van der Waals surface area contributed by atoms with Gasteiger partial charge in [0.25, 0.3) is 0 Å². The first-order valence-corrected chi connectivity index (χ1v) is 5.03. The molecule has 1 aliphatic carbocycles. The lowest BCUT2D eigenvalue weighted by Crippen LogP contribution is -2.37. The fourth-order valence-corrected chi connectivity index (χ4v) is 2.06. The average molecular weight is 196 g/mol. The predicted octanol–water partition coefficient (Wildman–Crippen LogP) is 2.91. The Balaban J connectivity index is 2.82. The van der Waals surface area contributed by atoms with Crippen molar-refractivity contribution in [2.24, 2.45) is 5.41 Å². The number of ether oxygens (including phenoxy) is 2. The SMILES string of the molecule is C=CC1(C(OC)OC)CC=C(C)CC1. The quantitative estimate of drug-likeness (QED) is 0.508. The molecule has 1 unspecified atom stereocenters. The molecule has 0 radical (unpaired) electrons. The van der Waals surface area contributed by atoms with Crippen LogP contribution in [0.2, 0.25) is 0 Å². The summed E-state index contributed by atoms with van der Waals surface area (Å²) in [5.41, 5.74) is 1.41. The summed E-state index contributed by atoms with van der Waals surface area (Å²) in [7, 11) is 3.37. The molecule has 0 heterocycles. The first-order valence-electron chi connectivity index (χ1n) is 5.03. The molecule has 2 heteroatoms. The molecule has 0 aliphatic heterocycles. The van der Waals surface area contributed by atoms with Gasteiger partial charge >= 0.3 is 0 Å². The maximum Gasteiger partial charge on any atom is 0.166 e. The highest BCUT2D eigenvalue weighted by atomic mass is 16.7. The number of allylic oxidation sites excluding steroid dienone is 2. The van der Waals surface area contributed by atoms with E-state index < -0.39 is 0 Å². The van der Waals surface area contributed by atoms with Crippen LogP contribution in [0.15, 0.2) is 24.3 Å². The first kappa shape index (κ1) is 11.5. The minimum Gasteiger partial charge on any atom is -0.355 e. The molecule has 14 heavy (non-hydrogen) atoms. The van der Waals surface area contributed by atoms with Gasteiger partial charge in [0.15, 0.2) is 6.29 Å². The van der Waals surface area contributed by atoms with E-state index in [1.54, 1.807) is 14.2 Å². The van der Waals surface area contributed by atoms with Gasteiger partial charge in [-0.2, -0.15) is 0 Å². The third kappa shape index (κ3) is 2.07. The summed E-state index contributed by atoms with van der Waals surface area (Å²) in [5.74, 6) is 0. The van der Waals surface area contributed by atoms with Gasteiger partial charge in [-0.15, -0.1) is 6.58 Å². The van der Waals surface area contributed by atoms with E-state index in [9.17, 15) is 0 Å². The summed E-state index contributed by atoms with van der Waals surface area (Å²) in [6.07, 6.45) is 7.20. The Kier molecular flexibility index (Phi) is 3.90. The monoisotopic (exact) mass is 196 g/mol. The average Bonchev–Trinajstić information content (AvgIpc) is 2.23. The van der Waals surface area contributed by atoms with Gasteiger partial charge in [0, 0.05) is 19.6 Å². The molecule has 0 saturated heterocycles. The van der Waals surface area contributed by atoms with Crippen LogP contribution in [0.4, 0.5) is 0 Å². The Morgan fingerprint density at radius 1 is 1.50 bits per heavy atom. The normalized spacial score (nSPS) is 27.6. The predicted molar refractivity (Wildman–Crippen MR) is 58.0 cm³/mol. The molecule has 0 spiro atoms. The number of hydrogen-bond donors (Lipinski definition) is 0. The van der Waals surface area contributed by atoms with E-state index in [2.05, 4.69) is 19.6 Å². The van der Waals surface area contributed by atoms with Crippen LogP contribution < -0.4 is 0 Å². The third-order valence-electron chi connectivity index (χ3n) is 3.12. The standard InChI is InChI=1S/C12H20O2/c1-5-12(11(13-3)14-4)8-6-10(2)7-9-12/h5-6,11H,1,7-9H2,2-4H3. The van der Waals surface area contributed by atoms with Crippen molar-refractivity contribution >= 4 is 0 Å². The lowest BCUT2D eigenvalue weighted by molar-refractivity contribution is -0.165. The molecule has 0 aromatic rings. The van der Waals surface area contributed by atoms with Gasteiger partial charge in [-0.25, -0.2) is 0 Å². The van der Waals surface area contributed by atoms with Crippen molar-refractivity contribution < 1.29 is 9.47 Å². The van der Waals surface area contributed by atoms with Crippen LogP contribution >= 0.6 is 0 Å². The van der Waals surface area contributed by atoms with Crippen molar-refractivity contribution in [1.82, 2.24) is 0 Å². The summed E-state index contributed by atoms with van der Waals surface area (Å²) < 4.78 is 10.7. The van der Waals surface area contributed by atoms with Crippen molar-refractivity contribution in [3.63, 3.8) is 0 Å². The zero-order valence-corrected chi connectivity index (χ0v) is 9.38. The molecule has 2 nitrogen and oxygen atoms in total. The zero-order valence-electron chi connectivity index (χ0n) is 9.38. The largest absolute Gasteiger partial charge is 0.355 e. The smallest absolute Gasteiger partial charge is 0.166 e. The van der Waals surface area contributed by atoms with Crippen LogP contribution in [0.1, 0.15) is 26.2 Å². The van der Waals surface area contributed by atoms with Crippen LogP contribution in [0.25, 0.3) is 0 Å². The number of rotatable bonds is 4. The topological polar surface area (TPSA) is 18.5 Å². The summed E-state index contributed by atoms with van der Waals surface area (Å²) in [6, 6.07) is 0. The van der Waals surface area contributed by atoms with Gasteiger partial charge in [0.1, 0.15) is 0 Å². The molecule has 0 aromatic carbocycles. The van der Waals surface area contributed by atoms with Crippen molar-refractivity contribution in [2.45, 2.75) is 32.5 Å². The molecule has 0 aromatic heterocycles. The maximum absolute atomic E-state index is 5.35. The highest BCUT2D eigenvalue weighted by Crippen LogP contribution is 2.40. The van der Waals surface area contributed by atoms with Crippen molar-refractivity contribution in [1.29, 1.82) is 0 Å². The van der Waals surface area contributed by atoms with Crippen LogP contribution in [-0.4, -0.2) is 20.5 Å². The molecule has 1 aliphatic rings. The number of hydrogen-bond acceptors (Lipinski definition) is 2. The summed E-state index contributed by atoms with van der Waals surface area (Å²) in [4.78, 5) is 0. The molecule has 0 N–H and O–H groups in total. The van der Waals surface area contributed by atoms with Gasteiger partial charge in [0.05, 0.1) is 0 Å². The highest BCUT2D eigenvalue weighted by molar-refractivity contribution is 5.13. The van der Waals surface area contributed by atoms with Gasteiger partial charge in [0.2, 0.25) is 0 Å². The van der Waals surface area contributed by atoms with Crippen molar-refractivity contribution in [3.8, 4) is 0 Å². The number of methoxy groups -OCH3 is 2. The molecular formula is C12H20O2. The molecule has 80 valence electrons. The Bertz CT molecular complexity index is 228. The Labute approximate surface area is 86.6 Å². The van der Waals surface area contributed by atoms with E-state index in [0.29, 0.717) is 0 Å². The van der Waals surface area contributed by atoms with E-state index >= 15 is 0 Å². The second-order valence-corrected chi connectivity index (χ2v) is 4.00. The zero-order chi connectivity index (χ0) is 10.6. The van der Waals surface area contributed by atoms with Gasteiger partial charge in [-0.1, -0.05) is 17.7 Å². The van der Waals surface area contributed by atoms with Gasteiger partial charge in [-0.3, -0.25) is 0 Å². The van der Waals surface area contributed by atoms with E-state index in [0.717, 1.165) is 19.3 Å². The third-order valence-corrected chi connectivity index (χ3v) is 3.12.